The normalized spacial score (nSPS) is 15.6. The van der Waals surface area contributed by atoms with E-state index >= 15 is 0 Å². The van der Waals surface area contributed by atoms with Gasteiger partial charge in [0, 0.05) is 32.7 Å². The number of nitrogens with zero attached hydrogens (tertiary/aromatic N) is 5. The molecule has 2 rings (SSSR count). The van der Waals surface area contributed by atoms with Crippen molar-refractivity contribution in [1.29, 1.82) is 10.5 Å². The molecule has 1 saturated heterocycles. The Morgan fingerprint density at radius 3 is 2.36 bits per heavy atom. The van der Waals surface area contributed by atoms with E-state index in [1.165, 1.54) is 5.56 Å². The molecular formula is C16H20N6. The van der Waals surface area contributed by atoms with Crippen molar-refractivity contribution in [1.82, 2.24) is 9.80 Å². The SMILES string of the molecule is CN1CCN(CCc2ccc(NN=C(C#N)C#N)cc2)CC1. The predicted molar refractivity (Wildman–Crippen MR) is 86.4 cm³/mol. The van der Waals surface area contributed by atoms with E-state index < -0.39 is 0 Å². The van der Waals surface area contributed by atoms with Crippen LogP contribution in [0.5, 0.6) is 0 Å². The molecule has 0 aliphatic carbocycles. The molecule has 0 unspecified atom stereocenters. The second-order valence-corrected chi connectivity index (χ2v) is 5.39. The van der Waals surface area contributed by atoms with Crippen molar-refractivity contribution in [3.05, 3.63) is 29.8 Å². The molecular weight excluding hydrogens is 276 g/mol. The Morgan fingerprint density at radius 2 is 1.77 bits per heavy atom. The van der Waals surface area contributed by atoms with Gasteiger partial charge in [-0.25, -0.2) is 0 Å². The van der Waals surface area contributed by atoms with Crippen molar-refractivity contribution in [3.8, 4) is 12.1 Å². The van der Waals surface area contributed by atoms with Gasteiger partial charge in [-0.15, -0.1) is 0 Å². The van der Waals surface area contributed by atoms with E-state index in [1.54, 1.807) is 12.1 Å². The van der Waals surface area contributed by atoms with Crippen LogP contribution in [0.3, 0.4) is 0 Å². The number of anilines is 1. The smallest absolute Gasteiger partial charge is 0.237 e. The maximum absolute atomic E-state index is 8.61. The maximum atomic E-state index is 8.61. The summed E-state index contributed by atoms with van der Waals surface area (Å²) in [7, 11) is 2.16. The average molecular weight is 296 g/mol. The van der Waals surface area contributed by atoms with Crippen LogP contribution >= 0.6 is 0 Å². The molecule has 1 heterocycles. The molecule has 1 N–H and O–H groups in total. The number of nitrogens with one attached hydrogen (secondary N) is 1. The molecule has 0 atom stereocenters. The summed E-state index contributed by atoms with van der Waals surface area (Å²) in [6.45, 7) is 5.62. The van der Waals surface area contributed by atoms with Crippen LogP contribution in [0, 0.1) is 22.7 Å². The van der Waals surface area contributed by atoms with Crippen LogP contribution in [0.1, 0.15) is 5.56 Å². The topological polar surface area (TPSA) is 78.4 Å². The molecule has 0 amide bonds. The third kappa shape index (κ3) is 4.85. The fourth-order valence-electron chi connectivity index (χ4n) is 2.30. The molecule has 1 fully saturated rings. The number of hydrogen-bond donors (Lipinski definition) is 1. The second-order valence-electron chi connectivity index (χ2n) is 5.39. The average Bonchev–Trinajstić information content (AvgIpc) is 2.56. The largest absolute Gasteiger partial charge is 0.304 e. The number of rotatable bonds is 5. The summed E-state index contributed by atoms with van der Waals surface area (Å²) in [5.41, 5.74) is 4.57. The Hall–Kier alpha value is -2.41. The van der Waals surface area contributed by atoms with Crippen LogP contribution in [0.15, 0.2) is 29.4 Å². The number of benzene rings is 1. The second kappa shape index (κ2) is 8.14. The Labute approximate surface area is 131 Å². The van der Waals surface area contributed by atoms with Gasteiger partial charge < -0.3 is 9.80 Å². The Bertz CT molecular complexity index is 569. The highest BCUT2D eigenvalue weighted by Crippen LogP contribution is 2.11. The van der Waals surface area contributed by atoms with Crippen LogP contribution in [0.25, 0.3) is 0 Å². The molecule has 1 aromatic carbocycles. The first-order valence-corrected chi connectivity index (χ1v) is 7.35. The summed E-state index contributed by atoms with van der Waals surface area (Å²) in [6, 6.07) is 11.3. The molecule has 1 aliphatic rings. The lowest BCUT2D eigenvalue weighted by Crippen LogP contribution is -2.45. The summed E-state index contributed by atoms with van der Waals surface area (Å²) in [5.74, 6) is 0. The lowest BCUT2D eigenvalue weighted by Gasteiger charge is -2.32. The Kier molecular flexibility index (Phi) is 5.91. The van der Waals surface area contributed by atoms with E-state index in [0.717, 1.165) is 44.8 Å². The van der Waals surface area contributed by atoms with Crippen molar-refractivity contribution in [2.45, 2.75) is 6.42 Å². The van der Waals surface area contributed by atoms with Gasteiger partial charge in [-0.3, -0.25) is 5.43 Å². The van der Waals surface area contributed by atoms with E-state index in [0.29, 0.717) is 0 Å². The summed E-state index contributed by atoms with van der Waals surface area (Å²) in [4.78, 5) is 4.84. The summed E-state index contributed by atoms with van der Waals surface area (Å²) in [5, 5.41) is 20.9. The van der Waals surface area contributed by atoms with Crippen molar-refractivity contribution >= 4 is 11.4 Å². The van der Waals surface area contributed by atoms with Gasteiger partial charge in [-0.05, 0) is 31.2 Å². The van der Waals surface area contributed by atoms with Gasteiger partial charge in [0.15, 0.2) is 0 Å². The molecule has 0 spiro atoms. The van der Waals surface area contributed by atoms with E-state index in [-0.39, 0.29) is 5.71 Å². The lowest BCUT2D eigenvalue weighted by molar-refractivity contribution is 0.155. The first kappa shape index (κ1) is 16.0. The van der Waals surface area contributed by atoms with Gasteiger partial charge >= 0.3 is 0 Å². The lowest BCUT2D eigenvalue weighted by atomic mass is 10.1. The minimum Gasteiger partial charge on any atom is -0.304 e. The predicted octanol–water partition coefficient (Wildman–Crippen LogP) is 1.29. The molecule has 0 saturated carbocycles. The number of piperazine rings is 1. The van der Waals surface area contributed by atoms with E-state index in [1.807, 2.05) is 24.3 Å². The molecule has 22 heavy (non-hydrogen) atoms. The monoisotopic (exact) mass is 296 g/mol. The van der Waals surface area contributed by atoms with E-state index in [4.69, 9.17) is 10.5 Å². The highest BCUT2D eigenvalue weighted by Gasteiger charge is 2.12. The number of hydrazone groups is 1. The quantitative estimate of drug-likeness (QED) is 0.654. The fourth-order valence-corrected chi connectivity index (χ4v) is 2.30. The standard InChI is InChI=1S/C16H20N6/c1-21-8-10-22(11-9-21)7-6-14-2-4-15(5-3-14)19-20-16(12-17)13-18/h2-5,19H,6-11H2,1H3. The summed E-state index contributed by atoms with van der Waals surface area (Å²) < 4.78 is 0. The Balaban J connectivity index is 1.81. The van der Waals surface area contributed by atoms with Crippen LogP contribution in [-0.4, -0.2) is 55.3 Å². The van der Waals surface area contributed by atoms with Crippen LogP contribution in [0.4, 0.5) is 5.69 Å². The molecule has 6 nitrogen and oxygen atoms in total. The van der Waals surface area contributed by atoms with Crippen molar-refractivity contribution in [2.24, 2.45) is 5.10 Å². The van der Waals surface area contributed by atoms with Gasteiger partial charge in [0.1, 0.15) is 12.1 Å². The van der Waals surface area contributed by atoms with Crippen molar-refractivity contribution in [3.63, 3.8) is 0 Å². The number of likely N-dealkylation sites (N-methyl/N-ethyl adjacent to an activating group) is 1. The van der Waals surface area contributed by atoms with Crippen LogP contribution in [0.2, 0.25) is 0 Å². The van der Waals surface area contributed by atoms with Gasteiger partial charge in [-0.2, -0.15) is 15.6 Å². The number of hydrogen-bond acceptors (Lipinski definition) is 6. The first-order chi connectivity index (χ1) is 10.7. The van der Waals surface area contributed by atoms with E-state index in [2.05, 4.69) is 27.4 Å². The number of nitriles is 2. The molecule has 1 aliphatic heterocycles. The molecule has 6 heteroatoms. The molecule has 0 aromatic heterocycles. The van der Waals surface area contributed by atoms with Crippen LogP contribution < -0.4 is 5.43 Å². The summed E-state index contributed by atoms with van der Waals surface area (Å²) >= 11 is 0. The minimum absolute atomic E-state index is 0.181. The third-order valence-corrected chi connectivity index (χ3v) is 3.78. The van der Waals surface area contributed by atoms with Crippen molar-refractivity contribution < 1.29 is 0 Å². The molecule has 0 radical (unpaired) electrons. The summed E-state index contributed by atoms with van der Waals surface area (Å²) in [6.07, 6.45) is 1.02. The van der Waals surface area contributed by atoms with Crippen molar-refractivity contribution in [2.75, 3.05) is 45.2 Å². The van der Waals surface area contributed by atoms with Gasteiger partial charge in [-0.1, -0.05) is 12.1 Å². The van der Waals surface area contributed by atoms with E-state index in [9.17, 15) is 0 Å². The van der Waals surface area contributed by atoms with Gasteiger partial charge in [0.25, 0.3) is 0 Å². The molecule has 0 bridgehead atoms. The highest BCUT2D eigenvalue weighted by atomic mass is 15.3. The van der Waals surface area contributed by atoms with Gasteiger partial charge in [0.2, 0.25) is 5.71 Å². The zero-order valence-electron chi connectivity index (χ0n) is 12.8. The molecule has 1 aromatic rings. The highest BCUT2D eigenvalue weighted by molar-refractivity contribution is 6.10. The zero-order chi connectivity index (χ0) is 15.8. The van der Waals surface area contributed by atoms with Gasteiger partial charge in [0.05, 0.1) is 5.69 Å². The first-order valence-electron chi connectivity index (χ1n) is 7.35. The fraction of sp³-hybridized carbons (Fsp3) is 0.438. The molecule has 114 valence electrons. The minimum atomic E-state index is -0.181. The van der Waals surface area contributed by atoms with Crippen LogP contribution in [-0.2, 0) is 6.42 Å². The third-order valence-electron chi connectivity index (χ3n) is 3.78. The maximum Gasteiger partial charge on any atom is 0.237 e. The Morgan fingerprint density at radius 1 is 1.14 bits per heavy atom. The zero-order valence-corrected chi connectivity index (χ0v) is 12.8.